The van der Waals surface area contributed by atoms with Crippen molar-refractivity contribution >= 4 is 17.7 Å². The molecule has 1 aliphatic rings. The number of rotatable bonds is 9. The summed E-state index contributed by atoms with van der Waals surface area (Å²) in [6.45, 7) is 2.50. The Hall–Kier alpha value is -2.01. The zero-order chi connectivity index (χ0) is 19.8. The number of ether oxygens (including phenoxy) is 1. The third-order valence-electron chi connectivity index (χ3n) is 5.02. The third kappa shape index (κ3) is 5.74. The summed E-state index contributed by atoms with van der Waals surface area (Å²) in [7, 11) is 0. The van der Waals surface area contributed by atoms with Gasteiger partial charge in [0, 0.05) is 18.1 Å². The average Bonchev–Trinajstić information content (AvgIpc) is 2.72. The number of aryl methyl sites for hydroxylation is 2. The Labute approximate surface area is 171 Å². The monoisotopic (exact) mass is 401 g/mol. The Morgan fingerprint density at radius 2 is 1.96 bits per heavy atom. The molecule has 0 heterocycles. The number of carbonyl (C=O) groups is 1. The summed E-state index contributed by atoms with van der Waals surface area (Å²) in [5.74, 6) is 1.84. The topological polar surface area (TPSA) is 38.3 Å². The number of benzene rings is 2. The first-order chi connectivity index (χ1) is 13.7. The lowest BCUT2D eigenvalue weighted by Gasteiger charge is -2.20. The van der Waals surface area contributed by atoms with Crippen molar-refractivity contribution in [3.8, 4) is 5.75 Å². The first-order valence-corrected chi connectivity index (χ1v) is 11.2. The standard InChI is InChI=1S/C23H28FNO2S/c1-2-22(27-20-12-11-17-7-3-4-8-18(17)15-20)23(26)25-13-14-28-16-19-9-5-6-10-21(19)24/h5-6,9-12,15,22H,2-4,7-8,13-14,16H2,1H3,(H,25,26). The predicted octanol–water partition coefficient (Wildman–Crippen LogP) is 4.91. The van der Waals surface area contributed by atoms with Gasteiger partial charge in [0.1, 0.15) is 11.6 Å². The van der Waals surface area contributed by atoms with Gasteiger partial charge < -0.3 is 10.1 Å². The fourth-order valence-corrected chi connectivity index (χ4v) is 4.27. The molecule has 2 aromatic rings. The van der Waals surface area contributed by atoms with Crippen LogP contribution < -0.4 is 10.1 Å². The van der Waals surface area contributed by atoms with E-state index in [4.69, 9.17) is 4.74 Å². The maximum Gasteiger partial charge on any atom is 0.261 e. The first kappa shape index (κ1) is 20.7. The molecule has 3 rings (SSSR count). The van der Waals surface area contributed by atoms with E-state index in [1.165, 1.54) is 30.0 Å². The van der Waals surface area contributed by atoms with Crippen molar-refractivity contribution in [2.24, 2.45) is 0 Å². The van der Waals surface area contributed by atoms with Crippen LogP contribution in [0.15, 0.2) is 42.5 Å². The summed E-state index contributed by atoms with van der Waals surface area (Å²) >= 11 is 1.61. The van der Waals surface area contributed by atoms with Gasteiger partial charge in [-0.25, -0.2) is 4.39 Å². The van der Waals surface area contributed by atoms with Crippen molar-refractivity contribution in [1.82, 2.24) is 5.32 Å². The van der Waals surface area contributed by atoms with Crippen LogP contribution in [0.5, 0.6) is 5.75 Å². The van der Waals surface area contributed by atoms with Gasteiger partial charge in [0.2, 0.25) is 0 Å². The van der Waals surface area contributed by atoms with Gasteiger partial charge in [0.15, 0.2) is 6.10 Å². The molecule has 0 aromatic heterocycles. The highest BCUT2D eigenvalue weighted by Crippen LogP contribution is 2.26. The van der Waals surface area contributed by atoms with Crippen LogP contribution in [-0.2, 0) is 23.4 Å². The van der Waals surface area contributed by atoms with E-state index in [1.807, 2.05) is 19.1 Å². The molecule has 0 saturated heterocycles. The van der Waals surface area contributed by atoms with Crippen LogP contribution in [0, 0.1) is 5.82 Å². The minimum absolute atomic E-state index is 0.0910. The van der Waals surface area contributed by atoms with Crippen LogP contribution in [-0.4, -0.2) is 24.3 Å². The van der Waals surface area contributed by atoms with Gasteiger partial charge in [0.25, 0.3) is 5.91 Å². The highest BCUT2D eigenvalue weighted by Gasteiger charge is 2.19. The Bertz CT molecular complexity index is 796. The van der Waals surface area contributed by atoms with E-state index in [0.29, 0.717) is 24.3 Å². The van der Waals surface area contributed by atoms with Crippen molar-refractivity contribution in [3.63, 3.8) is 0 Å². The molecule has 2 aromatic carbocycles. The fraction of sp³-hybridized carbons (Fsp3) is 0.435. The minimum atomic E-state index is -0.488. The SMILES string of the molecule is CCC(Oc1ccc2c(c1)CCCC2)C(=O)NCCSCc1ccccc1F. The lowest BCUT2D eigenvalue weighted by atomic mass is 9.92. The Morgan fingerprint density at radius 1 is 1.18 bits per heavy atom. The van der Waals surface area contributed by atoms with Crippen LogP contribution in [0.4, 0.5) is 4.39 Å². The van der Waals surface area contributed by atoms with E-state index >= 15 is 0 Å². The van der Waals surface area contributed by atoms with Crippen molar-refractivity contribution in [1.29, 1.82) is 0 Å². The van der Waals surface area contributed by atoms with Crippen molar-refractivity contribution in [3.05, 3.63) is 65.0 Å². The van der Waals surface area contributed by atoms with Gasteiger partial charge in [-0.3, -0.25) is 4.79 Å². The molecule has 0 fully saturated rings. The number of fused-ring (bicyclic) bond motifs is 1. The molecular formula is C23H28FNO2S. The van der Waals surface area contributed by atoms with E-state index in [9.17, 15) is 9.18 Å². The molecule has 0 radical (unpaired) electrons. The molecule has 0 aliphatic heterocycles. The van der Waals surface area contributed by atoms with Crippen molar-refractivity contribution < 1.29 is 13.9 Å². The number of nitrogens with one attached hydrogen (secondary N) is 1. The maximum atomic E-state index is 13.6. The number of halogens is 1. The highest BCUT2D eigenvalue weighted by atomic mass is 32.2. The van der Waals surface area contributed by atoms with E-state index in [-0.39, 0.29) is 11.7 Å². The summed E-state index contributed by atoms with van der Waals surface area (Å²) in [4.78, 5) is 12.4. The molecule has 150 valence electrons. The second kappa shape index (κ2) is 10.5. The van der Waals surface area contributed by atoms with Crippen molar-refractivity contribution in [2.45, 2.75) is 50.9 Å². The molecule has 0 saturated carbocycles. The number of thioether (sulfide) groups is 1. The minimum Gasteiger partial charge on any atom is -0.481 e. The number of carbonyl (C=O) groups excluding carboxylic acids is 1. The second-order valence-corrected chi connectivity index (χ2v) is 8.19. The maximum absolute atomic E-state index is 13.6. The second-order valence-electron chi connectivity index (χ2n) is 7.09. The summed E-state index contributed by atoms with van der Waals surface area (Å²) in [5, 5.41) is 2.94. The molecule has 1 aliphatic carbocycles. The molecule has 0 spiro atoms. The van der Waals surface area contributed by atoms with Crippen LogP contribution >= 0.6 is 11.8 Å². The van der Waals surface area contributed by atoms with E-state index < -0.39 is 6.10 Å². The molecular weight excluding hydrogens is 373 g/mol. The molecule has 1 atom stereocenters. The normalized spacial score (nSPS) is 14.2. The van der Waals surface area contributed by atoms with Crippen LogP contribution in [0.3, 0.4) is 0 Å². The van der Waals surface area contributed by atoms with Crippen LogP contribution in [0.1, 0.15) is 42.9 Å². The fourth-order valence-electron chi connectivity index (χ4n) is 3.43. The Morgan fingerprint density at radius 3 is 2.75 bits per heavy atom. The molecule has 3 nitrogen and oxygen atoms in total. The molecule has 1 N–H and O–H groups in total. The summed E-state index contributed by atoms with van der Waals surface area (Å²) < 4.78 is 19.6. The van der Waals surface area contributed by atoms with E-state index in [0.717, 1.165) is 24.3 Å². The Balaban J connectivity index is 1.43. The van der Waals surface area contributed by atoms with Gasteiger partial charge in [-0.05, 0) is 67.0 Å². The molecule has 1 unspecified atom stereocenters. The predicted molar refractivity (Wildman–Crippen MR) is 113 cm³/mol. The van der Waals surface area contributed by atoms with Gasteiger partial charge >= 0.3 is 0 Å². The first-order valence-electron chi connectivity index (χ1n) is 10.0. The average molecular weight is 402 g/mol. The number of hydrogen-bond acceptors (Lipinski definition) is 3. The van der Waals surface area contributed by atoms with Gasteiger partial charge in [-0.15, -0.1) is 0 Å². The summed E-state index contributed by atoms with van der Waals surface area (Å²) in [6, 6.07) is 13.0. The largest absolute Gasteiger partial charge is 0.481 e. The van der Waals surface area contributed by atoms with Crippen LogP contribution in [0.2, 0.25) is 0 Å². The van der Waals surface area contributed by atoms with Crippen molar-refractivity contribution in [2.75, 3.05) is 12.3 Å². The Kier molecular flexibility index (Phi) is 7.78. The summed E-state index contributed by atoms with van der Waals surface area (Å²) in [6.07, 6.45) is 4.83. The smallest absolute Gasteiger partial charge is 0.261 e. The molecule has 0 bridgehead atoms. The van der Waals surface area contributed by atoms with Gasteiger partial charge in [-0.1, -0.05) is 31.2 Å². The van der Waals surface area contributed by atoms with Gasteiger partial charge in [-0.2, -0.15) is 11.8 Å². The third-order valence-corrected chi connectivity index (χ3v) is 6.03. The highest BCUT2D eigenvalue weighted by molar-refractivity contribution is 7.98. The lowest BCUT2D eigenvalue weighted by Crippen LogP contribution is -2.39. The molecule has 5 heteroatoms. The zero-order valence-electron chi connectivity index (χ0n) is 16.4. The van der Waals surface area contributed by atoms with Crippen LogP contribution in [0.25, 0.3) is 0 Å². The number of hydrogen-bond donors (Lipinski definition) is 1. The molecule has 1 amide bonds. The number of amides is 1. The van der Waals surface area contributed by atoms with E-state index in [1.54, 1.807) is 23.9 Å². The summed E-state index contributed by atoms with van der Waals surface area (Å²) in [5.41, 5.74) is 3.45. The molecule has 28 heavy (non-hydrogen) atoms. The quantitative estimate of drug-likeness (QED) is 0.607. The van der Waals surface area contributed by atoms with Gasteiger partial charge in [0.05, 0.1) is 0 Å². The zero-order valence-corrected chi connectivity index (χ0v) is 17.2. The van der Waals surface area contributed by atoms with E-state index in [2.05, 4.69) is 17.4 Å². The lowest BCUT2D eigenvalue weighted by molar-refractivity contribution is -0.127.